The highest BCUT2D eigenvalue weighted by Gasteiger charge is 2.06. The lowest BCUT2D eigenvalue weighted by molar-refractivity contribution is -0.114. The average molecular weight is 516 g/mol. The minimum absolute atomic E-state index is 0. The van der Waals surface area contributed by atoms with E-state index in [1.54, 1.807) is 24.5 Å². The Hall–Kier alpha value is -1.81. The van der Waals surface area contributed by atoms with Gasteiger partial charge in [-0.3, -0.25) is 9.79 Å². The molecule has 1 heterocycles. The number of nitrogens with zero attached hydrogens (tertiary/aromatic N) is 1. The summed E-state index contributed by atoms with van der Waals surface area (Å²) in [6.07, 6.45) is 1.06. The molecule has 1 atom stereocenters. The molecule has 2 aromatic rings. The molecule has 0 aliphatic heterocycles. The van der Waals surface area contributed by atoms with Crippen molar-refractivity contribution in [2.24, 2.45) is 10.9 Å². The molecule has 0 spiro atoms. The number of guanidine groups is 1. The fourth-order valence-corrected chi connectivity index (χ4v) is 3.41. The van der Waals surface area contributed by atoms with E-state index in [0.29, 0.717) is 19.1 Å². The zero-order valence-electron chi connectivity index (χ0n) is 16.5. The lowest BCUT2D eigenvalue weighted by Crippen LogP contribution is -2.41. The number of halogens is 1. The number of carbonyl (C=O) groups excluding carboxylic acids is 1. The Morgan fingerprint density at radius 3 is 2.75 bits per heavy atom. The van der Waals surface area contributed by atoms with Crippen LogP contribution in [0.1, 0.15) is 18.7 Å². The van der Waals surface area contributed by atoms with E-state index in [0.717, 1.165) is 30.4 Å². The zero-order valence-corrected chi connectivity index (χ0v) is 19.7. The van der Waals surface area contributed by atoms with Crippen LogP contribution < -0.4 is 20.7 Å². The van der Waals surface area contributed by atoms with Crippen molar-refractivity contribution < 1.29 is 9.53 Å². The first-order chi connectivity index (χ1) is 13.1. The second-order valence-corrected chi connectivity index (χ2v) is 7.36. The van der Waals surface area contributed by atoms with E-state index in [2.05, 4.69) is 45.4 Å². The van der Waals surface area contributed by atoms with E-state index in [-0.39, 0.29) is 29.9 Å². The van der Waals surface area contributed by atoms with Crippen LogP contribution in [-0.2, 0) is 11.2 Å². The zero-order chi connectivity index (χ0) is 19.5. The minimum Gasteiger partial charge on any atom is -0.492 e. The fraction of sp³-hybridized carbons (Fsp3) is 0.400. The Bertz CT molecular complexity index is 738. The normalized spacial score (nSPS) is 11.9. The number of benzene rings is 1. The summed E-state index contributed by atoms with van der Waals surface area (Å²) in [6.45, 7) is 5.69. The molecule has 1 amide bonds. The Morgan fingerprint density at radius 1 is 1.25 bits per heavy atom. The van der Waals surface area contributed by atoms with Crippen molar-refractivity contribution in [1.29, 1.82) is 0 Å². The Kier molecular flexibility index (Phi) is 11.6. The average Bonchev–Trinajstić information content (AvgIpc) is 3.14. The number of hydrogen-bond donors (Lipinski definition) is 3. The number of anilines is 1. The van der Waals surface area contributed by atoms with Crippen LogP contribution in [0.2, 0.25) is 0 Å². The van der Waals surface area contributed by atoms with Gasteiger partial charge in [-0.05, 0) is 35.9 Å². The molecule has 1 aromatic carbocycles. The molecule has 3 N–H and O–H groups in total. The van der Waals surface area contributed by atoms with Crippen molar-refractivity contribution in [3.8, 4) is 5.75 Å². The highest BCUT2D eigenvalue weighted by atomic mass is 127. The van der Waals surface area contributed by atoms with Gasteiger partial charge in [0.05, 0.1) is 6.54 Å². The number of carbonyl (C=O) groups is 1. The highest BCUT2D eigenvalue weighted by Crippen LogP contribution is 2.17. The first-order valence-electron chi connectivity index (χ1n) is 9.04. The number of aliphatic imine (C=N–C) groups is 1. The van der Waals surface area contributed by atoms with Crippen molar-refractivity contribution in [3.05, 3.63) is 46.7 Å². The molecule has 0 aliphatic rings. The number of hydrogen-bond acceptors (Lipinski definition) is 4. The molecule has 8 heteroatoms. The predicted octanol–water partition coefficient (Wildman–Crippen LogP) is 3.75. The number of rotatable bonds is 9. The molecule has 1 unspecified atom stereocenters. The maximum Gasteiger partial charge on any atom is 0.221 e. The summed E-state index contributed by atoms with van der Waals surface area (Å²) in [5.41, 5.74) is 0.727. The SMILES string of the molecule is CN=C(NCCOc1cccc(NC(C)=O)c1)NCC(C)Cc1cccs1.I. The van der Waals surface area contributed by atoms with Gasteiger partial charge in [-0.2, -0.15) is 0 Å². The quantitative estimate of drug-likeness (QED) is 0.206. The second-order valence-electron chi connectivity index (χ2n) is 6.33. The fourth-order valence-electron chi connectivity index (χ4n) is 2.54. The van der Waals surface area contributed by atoms with Crippen LogP contribution in [0.25, 0.3) is 0 Å². The number of nitrogens with one attached hydrogen (secondary N) is 3. The first-order valence-corrected chi connectivity index (χ1v) is 9.92. The lowest BCUT2D eigenvalue weighted by Gasteiger charge is -2.16. The maximum atomic E-state index is 11.1. The number of thiophene rings is 1. The number of amides is 1. The smallest absolute Gasteiger partial charge is 0.221 e. The standard InChI is InChI=1S/C20H28N4O2S.HI/c1-15(12-19-8-5-11-27-19)14-23-20(21-3)22-9-10-26-18-7-4-6-17(13-18)24-16(2)25;/h4-8,11,13,15H,9-10,12,14H2,1-3H3,(H,24,25)(H2,21,22,23);1H. The molecular weight excluding hydrogens is 487 g/mol. The molecule has 6 nitrogen and oxygen atoms in total. The molecule has 0 aliphatic carbocycles. The van der Waals surface area contributed by atoms with Crippen LogP contribution >= 0.6 is 35.3 Å². The third-order valence-electron chi connectivity index (χ3n) is 3.79. The maximum absolute atomic E-state index is 11.1. The van der Waals surface area contributed by atoms with E-state index in [9.17, 15) is 4.79 Å². The van der Waals surface area contributed by atoms with Gasteiger partial charge in [0.2, 0.25) is 5.91 Å². The van der Waals surface area contributed by atoms with Crippen LogP contribution in [-0.4, -0.2) is 38.6 Å². The van der Waals surface area contributed by atoms with Gasteiger partial charge in [0.1, 0.15) is 12.4 Å². The lowest BCUT2D eigenvalue weighted by atomic mass is 10.1. The van der Waals surface area contributed by atoms with Crippen LogP contribution in [0.4, 0.5) is 5.69 Å². The Labute approximate surface area is 188 Å². The monoisotopic (exact) mass is 516 g/mol. The summed E-state index contributed by atoms with van der Waals surface area (Å²) in [6, 6.07) is 11.6. The van der Waals surface area contributed by atoms with Crippen molar-refractivity contribution in [3.63, 3.8) is 0 Å². The molecule has 2 rings (SSSR count). The van der Waals surface area contributed by atoms with Gasteiger partial charge in [0.15, 0.2) is 5.96 Å². The summed E-state index contributed by atoms with van der Waals surface area (Å²) >= 11 is 1.80. The second kappa shape index (κ2) is 13.4. The van der Waals surface area contributed by atoms with E-state index in [4.69, 9.17) is 4.74 Å². The molecule has 154 valence electrons. The summed E-state index contributed by atoms with van der Waals surface area (Å²) in [5.74, 6) is 1.91. The third kappa shape index (κ3) is 9.41. The van der Waals surface area contributed by atoms with Gasteiger partial charge in [0, 0.05) is 37.1 Å². The topological polar surface area (TPSA) is 74.8 Å². The van der Waals surface area contributed by atoms with Gasteiger partial charge in [-0.15, -0.1) is 35.3 Å². The van der Waals surface area contributed by atoms with Gasteiger partial charge in [-0.1, -0.05) is 19.1 Å². The van der Waals surface area contributed by atoms with Gasteiger partial charge in [0.25, 0.3) is 0 Å². The first kappa shape index (κ1) is 24.2. The molecule has 0 saturated heterocycles. The van der Waals surface area contributed by atoms with Crippen molar-refractivity contribution in [2.45, 2.75) is 20.3 Å². The van der Waals surface area contributed by atoms with Crippen LogP contribution in [0.3, 0.4) is 0 Å². The molecule has 1 aromatic heterocycles. The molecule has 28 heavy (non-hydrogen) atoms. The summed E-state index contributed by atoms with van der Waals surface area (Å²) < 4.78 is 5.72. The van der Waals surface area contributed by atoms with Crippen molar-refractivity contribution in [1.82, 2.24) is 10.6 Å². The Morgan fingerprint density at radius 2 is 2.07 bits per heavy atom. The van der Waals surface area contributed by atoms with E-state index in [1.165, 1.54) is 11.8 Å². The van der Waals surface area contributed by atoms with Crippen molar-refractivity contribution >= 4 is 52.9 Å². The third-order valence-corrected chi connectivity index (χ3v) is 4.69. The van der Waals surface area contributed by atoms with E-state index in [1.807, 2.05) is 18.2 Å². The summed E-state index contributed by atoms with van der Waals surface area (Å²) in [5, 5.41) is 11.5. The minimum atomic E-state index is -0.100. The van der Waals surface area contributed by atoms with Crippen LogP contribution in [0.5, 0.6) is 5.75 Å². The highest BCUT2D eigenvalue weighted by molar-refractivity contribution is 14.0. The largest absolute Gasteiger partial charge is 0.492 e. The van der Waals surface area contributed by atoms with E-state index >= 15 is 0 Å². The molecule has 0 radical (unpaired) electrons. The van der Waals surface area contributed by atoms with Gasteiger partial charge < -0.3 is 20.7 Å². The van der Waals surface area contributed by atoms with Gasteiger partial charge >= 0.3 is 0 Å². The summed E-state index contributed by atoms with van der Waals surface area (Å²) in [7, 11) is 1.76. The molecular formula is C20H29IN4O2S. The van der Waals surface area contributed by atoms with E-state index < -0.39 is 0 Å². The summed E-state index contributed by atoms with van der Waals surface area (Å²) in [4.78, 5) is 16.8. The van der Waals surface area contributed by atoms with Crippen LogP contribution in [0, 0.1) is 5.92 Å². The Balaban J connectivity index is 0.00000392. The van der Waals surface area contributed by atoms with Gasteiger partial charge in [-0.25, -0.2) is 0 Å². The molecule has 0 fully saturated rings. The van der Waals surface area contributed by atoms with Crippen LogP contribution in [0.15, 0.2) is 46.8 Å². The number of ether oxygens (including phenoxy) is 1. The molecule has 0 saturated carbocycles. The predicted molar refractivity (Wildman–Crippen MR) is 128 cm³/mol. The molecule has 0 bridgehead atoms. The van der Waals surface area contributed by atoms with Crippen molar-refractivity contribution in [2.75, 3.05) is 32.1 Å².